The third-order valence-electron chi connectivity index (χ3n) is 5.41. The van der Waals surface area contributed by atoms with Gasteiger partial charge in [0.1, 0.15) is 11.6 Å². The van der Waals surface area contributed by atoms with Gasteiger partial charge < -0.3 is 18.6 Å². The summed E-state index contributed by atoms with van der Waals surface area (Å²) in [6, 6.07) is 5.82. The van der Waals surface area contributed by atoms with E-state index in [4.69, 9.17) is 9.47 Å². The molecule has 2 heterocycles. The maximum Gasteiger partial charge on any atom is 0.349 e. The van der Waals surface area contributed by atoms with Gasteiger partial charge in [0.25, 0.3) is 0 Å². The number of carbonyl (C=O) groups is 2. The molecule has 2 aromatic rings. The highest BCUT2D eigenvalue weighted by molar-refractivity contribution is 6.02. The quantitative estimate of drug-likeness (QED) is 0.261. The van der Waals surface area contributed by atoms with Gasteiger partial charge in [-0.3, -0.25) is 4.79 Å². The molecule has 0 aliphatic heterocycles. The first-order valence-corrected chi connectivity index (χ1v) is 10.3. The van der Waals surface area contributed by atoms with E-state index in [-0.39, 0.29) is 17.4 Å². The summed E-state index contributed by atoms with van der Waals surface area (Å²) in [6.07, 6.45) is 1.50. The number of carbonyl (C=O) groups excluding carboxylic acids is 2. The Kier molecular flexibility index (Phi) is 8.01. The van der Waals surface area contributed by atoms with Crippen molar-refractivity contribution in [3.63, 3.8) is 0 Å². The largest absolute Gasteiger partial charge is 0.453 e. The van der Waals surface area contributed by atoms with Crippen LogP contribution in [0.2, 0.25) is 0 Å². The fourth-order valence-corrected chi connectivity index (χ4v) is 3.93. The van der Waals surface area contributed by atoms with Crippen LogP contribution in [0.5, 0.6) is 0 Å². The monoisotopic (exact) mass is 425 g/mol. The molecule has 0 aromatic carbocycles. The molecule has 0 saturated heterocycles. The molecule has 0 radical (unpaired) electrons. The van der Waals surface area contributed by atoms with Crippen LogP contribution in [0.25, 0.3) is 6.08 Å². The first-order valence-electron chi connectivity index (χ1n) is 10.3. The van der Waals surface area contributed by atoms with Gasteiger partial charge in [-0.25, -0.2) is 4.79 Å². The van der Waals surface area contributed by atoms with Crippen LogP contribution in [0.1, 0.15) is 58.6 Å². The Morgan fingerprint density at radius 1 is 1.13 bits per heavy atom. The number of hydrogen-bond donors (Lipinski definition) is 0. The van der Waals surface area contributed by atoms with Crippen molar-refractivity contribution >= 4 is 17.8 Å². The van der Waals surface area contributed by atoms with Crippen LogP contribution >= 0.6 is 0 Å². The number of methoxy groups -OCH3 is 1. The third-order valence-corrected chi connectivity index (χ3v) is 5.41. The molecule has 0 N–H and O–H groups in total. The van der Waals surface area contributed by atoms with Crippen molar-refractivity contribution in [1.82, 2.24) is 9.13 Å². The lowest BCUT2D eigenvalue weighted by atomic mass is 10.1. The van der Waals surface area contributed by atoms with E-state index in [0.717, 1.165) is 28.3 Å². The van der Waals surface area contributed by atoms with Crippen molar-refractivity contribution in [2.75, 3.05) is 20.3 Å². The van der Waals surface area contributed by atoms with Gasteiger partial charge in [0.05, 0.1) is 6.61 Å². The summed E-state index contributed by atoms with van der Waals surface area (Å²) in [5.74, 6) is -1.10. The number of aromatic nitrogens is 2. The molecule has 0 bridgehead atoms. The van der Waals surface area contributed by atoms with Gasteiger partial charge in [0, 0.05) is 48.0 Å². The number of nitrogens with zero attached hydrogens (tertiary/aromatic N) is 3. The number of aryl methyl sites for hydroxylation is 2. The average molecular weight is 426 g/mol. The first kappa shape index (κ1) is 24.2. The van der Waals surface area contributed by atoms with Gasteiger partial charge in [-0.1, -0.05) is 0 Å². The van der Waals surface area contributed by atoms with E-state index in [1.165, 1.54) is 6.08 Å². The van der Waals surface area contributed by atoms with E-state index < -0.39 is 12.6 Å². The lowest BCUT2D eigenvalue weighted by Crippen LogP contribution is -2.16. The highest BCUT2D eigenvalue weighted by Crippen LogP contribution is 2.21. The summed E-state index contributed by atoms with van der Waals surface area (Å²) in [4.78, 5) is 25.1. The van der Waals surface area contributed by atoms with Crippen molar-refractivity contribution in [1.29, 1.82) is 5.26 Å². The van der Waals surface area contributed by atoms with E-state index in [2.05, 4.69) is 9.13 Å². The van der Waals surface area contributed by atoms with Gasteiger partial charge >= 0.3 is 5.97 Å². The van der Waals surface area contributed by atoms with Crippen LogP contribution in [0.4, 0.5) is 0 Å². The van der Waals surface area contributed by atoms with Gasteiger partial charge in [0.15, 0.2) is 6.61 Å². The zero-order valence-electron chi connectivity index (χ0n) is 19.4. The standard InChI is InChI=1S/C24H31N3O4/c1-15(2)27-17(4)11-22(19(27)6)23(28)14-31-24(29)21(13-25)12-20-10-16(3)26(18(20)5)8-9-30-7/h10-12,15H,8-9,14H2,1-7H3/b21-12+. The van der Waals surface area contributed by atoms with Crippen LogP contribution in [-0.2, 0) is 20.8 Å². The molecule has 0 fully saturated rings. The molecule has 0 unspecified atom stereocenters. The highest BCUT2D eigenvalue weighted by Gasteiger charge is 2.20. The molecular weight excluding hydrogens is 394 g/mol. The van der Waals surface area contributed by atoms with Crippen molar-refractivity contribution in [3.8, 4) is 6.07 Å². The molecule has 0 saturated carbocycles. The van der Waals surface area contributed by atoms with Crippen molar-refractivity contribution < 1.29 is 19.1 Å². The van der Waals surface area contributed by atoms with Crippen molar-refractivity contribution in [2.24, 2.45) is 0 Å². The Hall–Kier alpha value is -3.11. The number of esters is 1. The molecule has 2 rings (SSSR count). The maximum atomic E-state index is 12.6. The zero-order chi connectivity index (χ0) is 23.3. The third kappa shape index (κ3) is 5.33. The Balaban J connectivity index is 2.15. The molecule has 2 aromatic heterocycles. The van der Waals surface area contributed by atoms with Crippen LogP contribution in [0, 0.1) is 39.0 Å². The zero-order valence-corrected chi connectivity index (χ0v) is 19.4. The number of hydrogen-bond acceptors (Lipinski definition) is 5. The van der Waals surface area contributed by atoms with E-state index in [1.807, 2.05) is 53.7 Å². The Bertz CT molecular complexity index is 1050. The Morgan fingerprint density at radius 2 is 1.81 bits per heavy atom. The summed E-state index contributed by atoms with van der Waals surface area (Å²) in [5.41, 5.74) is 4.88. The van der Waals surface area contributed by atoms with Crippen LogP contribution in [0.3, 0.4) is 0 Å². The minimum absolute atomic E-state index is 0.146. The number of Topliss-reactive ketones (excluding diaryl/α,β-unsaturated/α-hetero) is 1. The van der Waals surface area contributed by atoms with E-state index >= 15 is 0 Å². The van der Waals surface area contributed by atoms with Crippen LogP contribution < -0.4 is 0 Å². The molecular formula is C24H31N3O4. The van der Waals surface area contributed by atoms with Gasteiger partial charge in [-0.15, -0.1) is 0 Å². The fraction of sp³-hybridized carbons (Fsp3) is 0.458. The van der Waals surface area contributed by atoms with E-state index in [0.29, 0.717) is 18.7 Å². The van der Waals surface area contributed by atoms with E-state index in [9.17, 15) is 14.9 Å². The molecule has 7 nitrogen and oxygen atoms in total. The SMILES string of the molecule is COCCn1c(C)cc(/C=C(\C#N)C(=O)OCC(=O)c2cc(C)n(C(C)C)c2C)c1C. The first-order chi connectivity index (χ1) is 14.6. The summed E-state index contributed by atoms with van der Waals surface area (Å²) in [6.45, 7) is 12.6. The molecule has 0 amide bonds. The number of rotatable bonds is 9. The topological polar surface area (TPSA) is 86.2 Å². The summed E-state index contributed by atoms with van der Waals surface area (Å²) >= 11 is 0. The normalized spacial score (nSPS) is 11.6. The maximum absolute atomic E-state index is 12.6. The molecule has 166 valence electrons. The average Bonchev–Trinajstić information content (AvgIpc) is 3.16. The minimum atomic E-state index is -0.810. The summed E-state index contributed by atoms with van der Waals surface area (Å²) in [7, 11) is 1.64. The minimum Gasteiger partial charge on any atom is -0.453 e. The predicted molar refractivity (Wildman–Crippen MR) is 119 cm³/mol. The number of ketones is 1. The van der Waals surface area contributed by atoms with Crippen LogP contribution in [0.15, 0.2) is 17.7 Å². The highest BCUT2D eigenvalue weighted by atomic mass is 16.5. The molecule has 0 aliphatic carbocycles. The molecule has 0 spiro atoms. The summed E-state index contributed by atoms with van der Waals surface area (Å²) < 4.78 is 14.4. The molecule has 0 aliphatic rings. The van der Waals surface area contributed by atoms with Gasteiger partial charge in [0.2, 0.25) is 5.78 Å². The van der Waals surface area contributed by atoms with Crippen molar-refractivity contribution in [3.05, 3.63) is 51.6 Å². The predicted octanol–water partition coefficient (Wildman–Crippen LogP) is 4.08. The van der Waals surface area contributed by atoms with Crippen molar-refractivity contribution in [2.45, 2.75) is 54.1 Å². The number of ether oxygens (including phenoxy) is 2. The number of nitriles is 1. The second-order valence-corrected chi connectivity index (χ2v) is 7.89. The second kappa shape index (κ2) is 10.3. The van der Waals surface area contributed by atoms with Gasteiger partial charge in [-0.05, 0) is 65.3 Å². The molecule has 0 atom stereocenters. The lowest BCUT2D eigenvalue weighted by Gasteiger charge is -2.13. The molecule has 7 heteroatoms. The Morgan fingerprint density at radius 3 is 2.35 bits per heavy atom. The van der Waals surface area contributed by atoms with E-state index in [1.54, 1.807) is 13.2 Å². The second-order valence-electron chi connectivity index (χ2n) is 7.89. The molecule has 31 heavy (non-hydrogen) atoms. The fourth-order valence-electron chi connectivity index (χ4n) is 3.93. The lowest BCUT2D eigenvalue weighted by molar-refractivity contribution is -0.137. The Labute approximate surface area is 183 Å². The van der Waals surface area contributed by atoms with Crippen LogP contribution in [-0.4, -0.2) is 41.2 Å². The summed E-state index contributed by atoms with van der Waals surface area (Å²) in [5, 5.41) is 9.46. The smallest absolute Gasteiger partial charge is 0.349 e. The van der Waals surface area contributed by atoms with Gasteiger partial charge in [-0.2, -0.15) is 5.26 Å².